The first-order chi connectivity index (χ1) is 14.1. The van der Waals surface area contributed by atoms with E-state index in [0.29, 0.717) is 29.9 Å². The van der Waals surface area contributed by atoms with Crippen LogP contribution < -0.4 is 0 Å². The topological polar surface area (TPSA) is 66.8 Å². The zero-order valence-corrected chi connectivity index (χ0v) is 16.3. The van der Waals surface area contributed by atoms with E-state index in [2.05, 4.69) is 0 Å². The molecule has 0 aromatic heterocycles. The van der Waals surface area contributed by atoms with Gasteiger partial charge in [-0.15, -0.1) is 5.06 Å². The summed E-state index contributed by atoms with van der Waals surface area (Å²) in [4.78, 5) is 29.9. The molecule has 150 valence electrons. The summed E-state index contributed by atoms with van der Waals surface area (Å²) < 4.78 is 0. The number of phenolic OH excluding ortho intramolecular Hbond substituents is 1. The van der Waals surface area contributed by atoms with E-state index in [1.165, 1.54) is 18.4 Å². The maximum atomic E-state index is 12.7. The van der Waals surface area contributed by atoms with Crippen LogP contribution in [-0.4, -0.2) is 35.0 Å². The third-order valence-electron chi connectivity index (χ3n) is 7.27. The number of hydrogen-bond acceptors (Lipinski definition) is 5. The van der Waals surface area contributed by atoms with Crippen LogP contribution >= 0.6 is 0 Å². The normalized spacial score (nSPS) is 28.1. The number of hydroxylamine groups is 2. The van der Waals surface area contributed by atoms with Gasteiger partial charge >= 0.3 is 5.97 Å². The van der Waals surface area contributed by atoms with Crippen molar-refractivity contribution in [2.45, 2.75) is 50.0 Å². The van der Waals surface area contributed by atoms with Crippen molar-refractivity contribution in [3.63, 3.8) is 0 Å². The lowest BCUT2D eigenvalue weighted by Gasteiger charge is -2.58. The summed E-state index contributed by atoms with van der Waals surface area (Å²) in [7, 11) is 0. The van der Waals surface area contributed by atoms with Gasteiger partial charge < -0.3 is 9.94 Å². The van der Waals surface area contributed by atoms with Crippen LogP contribution in [0.25, 0.3) is 0 Å². The molecule has 1 aliphatic heterocycles. The van der Waals surface area contributed by atoms with Crippen molar-refractivity contribution in [3.05, 3.63) is 64.7 Å². The third-order valence-corrected chi connectivity index (χ3v) is 7.27. The first-order valence-corrected chi connectivity index (χ1v) is 10.5. The number of hydrogen-bond donors (Lipinski definition) is 1. The fourth-order valence-electron chi connectivity index (χ4n) is 5.98. The molecule has 5 rings (SSSR count). The van der Waals surface area contributed by atoms with Crippen molar-refractivity contribution < 1.29 is 19.5 Å². The van der Waals surface area contributed by atoms with Crippen LogP contribution in [0.2, 0.25) is 0 Å². The Morgan fingerprint density at radius 3 is 2.79 bits per heavy atom. The number of aromatic hydroxyl groups is 1. The molecule has 2 aliphatic carbocycles. The van der Waals surface area contributed by atoms with Gasteiger partial charge in [-0.1, -0.05) is 31.0 Å². The van der Waals surface area contributed by atoms with E-state index in [1.54, 1.807) is 12.1 Å². The lowest BCUT2D eigenvalue weighted by molar-refractivity contribution is -0.190. The van der Waals surface area contributed by atoms with Gasteiger partial charge in [0.25, 0.3) is 0 Å². The van der Waals surface area contributed by atoms with E-state index < -0.39 is 0 Å². The molecule has 0 amide bonds. The van der Waals surface area contributed by atoms with E-state index in [4.69, 9.17) is 4.84 Å². The lowest BCUT2D eigenvalue weighted by atomic mass is 9.52. The molecular formula is C24H25NO4. The highest BCUT2D eigenvalue weighted by Crippen LogP contribution is 2.56. The number of phenols is 1. The van der Waals surface area contributed by atoms with Gasteiger partial charge in [-0.2, -0.15) is 0 Å². The number of aldehydes is 1. The molecule has 5 nitrogen and oxygen atoms in total. The Hall–Kier alpha value is -2.66. The largest absolute Gasteiger partial charge is 0.507 e. The number of carbonyl (C=O) groups is 2. The number of fused-ring (bicyclic) bond motifs is 1. The van der Waals surface area contributed by atoms with Gasteiger partial charge in [-0.25, -0.2) is 4.79 Å². The van der Waals surface area contributed by atoms with Crippen LogP contribution in [0.3, 0.4) is 0 Å². The number of benzene rings is 2. The second kappa shape index (κ2) is 6.99. The number of nitrogens with zero attached hydrogens (tertiary/aromatic N) is 1. The quantitative estimate of drug-likeness (QED) is 0.800. The highest BCUT2D eigenvalue weighted by atomic mass is 16.7. The molecule has 1 saturated carbocycles. The summed E-state index contributed by atoms with van der Waals surface area (Å²) in [6.45, 7) is 0.690. The maximum Gasteiger partial charge on any atom is 0.357 e. The predicted molar refractivity (Wildman–Crippen MR) is 108 cm³/mol. The average Bonchev–Trinajstić information content (AvgIpc) is 2.76. The molecule has 2 aromatic carbocycles. The highest BCUT2D eigenvalue weighted by Gasteiger charge is 2.55. The van der Waals surface area contributed by atoms with Gasteiger partial charge in [0.1, 0.15) is 5.75 Å². The zero-order valence-electron chi connectivity index (χ0n) is 16.3. The van der Waals surface area contributed by atoms with Crippen LogP contribution in [0.4, 0.5) is 0 Å². The standard InChI is InChI=1S/C24H25NO4/c26-15-18-12-17-13-21-19-8-4-5-9-24(19,20(17)14-22(18)27)10-11-25(21)29-23(28)16-6-2-1-3-7-16/h1-3,6-7,12,14-15,19,21,27H,4-5,8-11,13H2/t19-,21+,24+/m1/s1. The lowest BCUT2D eigenvalue weighted by Crippen LogP contribution is -2.61. The second-order valence-corrected chi connectivity index (χ2v) is 8.60. The molecule has 1 N–H and O–H groups in total. The molecule has 5 heteroatoms. The fraction of sp³-hybridized carbons (Fsp3) is 0.417. The molecular weight excluding hydrogens is 366 g/mol. The Balaban J connectivity index is 1.51. The Labute approximate surface area is 170 Å². The van der Waals surface area contributed by atoms with Gasteiger partial charge in [0, 0.05) is 12.0 Å². The van der Waals surface area contributed by atoms with Gasteiger partial charge in [-0.3, -0.25) is 4.79 Å². The molecule has 29 heavy (non-hydrogen) atoms. The van der Waals surface area contributed by atoms with Gasteiger partial charge in [0.15, 0.2) is 6.29 Å². The van der Waals surface area contributed by atoms with Gasteiger partial charge in [-0.05, 0) is 67.0 Å². The number of carbonyl (C=O) groups excluding carboxylic acids is 2. The van der Waals surface area contributed by atoms with E-state index in [-0.39, 0.29) is 23.2 Å². The predicted octanol–water partition coefficient (Wildman–Crippen LogP) is 4.04. The van der Waals surface area contributed by atoms with Crippen LogP contribution in [0.1, 0.15) is 63.9 Å². The maximum absolute atomic E-state index is 12.7. The molecule has 0 spiro atoms. The van der Waals surface area contributed by atoms with E-state index in [9.17, 15) is 14.7 Å². The Morgan fingerprint density at radius 2 is 2.00 bits per heavy atom. The molecule has 3 aliphatic rings. The van der Waals surface area contributed by atoms with Crippen LogP contribution in [-0.2, 0) is 16.7 Å². The van der Waals surface area contributed by atoms with Crippen LogP contribution in [0, 0.1) is 5.92 Å². The SMILES string of the molecule is O=Cc1cc2c(cc1O)[C@]13CCCC[C@@H]1[C@H](C2)N(OC(=O)c1ccccc1)CC3. The summed E-state index contributed by atoms with van der Waals surface area (Å²) >= 11 is 0. The molecule has 2 aromatic rings. The monoisotopic (exact) mass is 391 g/mol. The average molecular weight is 391 g/mol. The Bertz CT molecular complexity index is 957. The number of piperidine rings is 1. The van der Waals surface area contributed by atoms with E-state index in [0.717, 1.165) is 31.2 Å². The molecule has 2 fully saturated rings. The molecule has 1 saturated heterocycles. The summed E-state index contributed by atoms with van der Waals surface area (Å²) in [6.07, 6.45) is 6.86. The second-order valence-electron chi connectivity index (χ2n) is 8.60. The van der Waals surface area contributed by atoms with Crippen LogP contribution in [0.5, 0.6) is 5.75 Å². The Morgan fingerprint density at radius 1 is 1.17 bits per heavy atom. The minimum absolute atomic E-state index is 0.00501. The van der Waals surface area contributed by atoms with E-state index in [1.807, 2.05) is 35.4 Å². The summed E-state index contributed by atoms with van der Waals surface area (Å²) in [6, 6.07) is 12.9. The van der Waals surface area contributed by atoms with Crippen molar-refractivity contribution in [3.8, 4) is 5.75 Å². The van der Waals surface area contributed by atoms with Crippen molar-refractivity contribution in [2.75, 3.05) is 6.54 Å². The molecule has 0 radical (unpaired) electrons. The summed E-state index contributed by atoms with van der Waals surface area (Å²) in [5.74, 6) is 0.149. The van der Waals surface area contributed by atoms with Gasteiger partial charge in [0.05, 0.1) is 17.2 Å². The minimum atomic E-state index is -0.320. The highest BCUT2D eigenvalue weighted by molar-refractivity contribution is 5.89. The van der Waals surface area contributed by atoms with Crippen molar-refractivity contribution in [1.82, 2.24) is 5.06 Å². The van der Waals surface area contributed by atoms with Gasteiger partial charge in [0.2, 0.25) is 0 Å². The summed E-state index contributed by atoms with van der Waals surface area (Å²) in [5.41, 5.74) is 3.20. The van der Waals surface area contributed by atoms with Crippen molar-refractivity contribution in [2.24, 2.45) is 5.92 Å². The van der Waals surface area contributed by atoms with Crippen molar-refractivity contribution in [1.29, 1.82) is 0 Å². The first kappa shape index (κ1) is 18.4. The van der Waals surface area contributed by atoms with E-state index >= 15 is 0 Å². The van der Waals surface area contributed by atoms with Crippen molar-refractivity contribution >= 4 is 12.3 Å². The fourth-order valence-corrected chi connectivity index (χ4v) is 5.98. The first-order valence-electron chi connectivity index (χ1n) is 10.5. The smallest absolute Gasteiger partial charge is 0.357 e. The third kappa shape index (κ3) is 2.87. The zero-order chi connectivity index (χ0) is 20.0. The molecule has 1 heterocycles. The molecule has 3 atom stereocenters. The minimum Gasteiger partial charge on any atom is -0.507 e. The molecule has 0 unspecified atom stereocenters. The number of rotatable bonds is 3. The summed E-state index contributed by atoms with van der Waals surface area (Å²) in [5, 5.41) is 12.2. The molecule has 2 bridgehead atoms. The Kier molecular flexibility index (Phi) is 4.43. The van der Waals surface area contributed by atoms with Crippen LogP contribution in [0.15, 0.2) is 42.5 Å².